The zero-order valence-corrected chi connectivity index (χ0v) is 18.7. The van der Waals surface area contributed by atoms with Gasteiger partial charge < -0.3 is 14.7 Å². The maximum Gasteiger partial charge on any atom is 0.307 e. The molecule has 6 nitrogen and oxygen atoms in total. The average molecular weight is 454 g/mol. The molecule has 168 valence electrons. The van der Waals surface area contributed by atoms with Crippen molar-refractivity contribution in [2.75, 3.05) is 6.26 Å². The molecule has 2 N–H and O–H groups in total. The van der Waals surface area contributed by atoms with Gasteiger partial charge in [-0.2, -0.15) is 8.42 Å². The SMILES string of the molecule is CS(=O)(=O)Oc1ccc(C(Cc2ccccc2)C(N)CC(=O)OCc2ccccc2)cc1. The normalized spacial score (nSPS) is 13.2. The highest BCUT2D eigenvalue weighted by atomic mass is 32.2. The summed E-state index contributed by atoms with van der Waals surface area (Å²) in [6.07, 6.45) is 1.68. The third-order valence-electron chi connectivity index (χ3n) is 5.02. The second-order valence-corrected chi connectivity index (χ2v) is 9.24. The second-order valence-electron chi connectivity index (χ2n) is 7.67. The number of ether oxygens (including phenoxy) is 1. The van der Waals surface area contributed by atoms with Crippen molar-refractivity contribution in [1.82, 2.24) is 0 Å². The van der Waals surface area contributed by atoms with E-state index in [4.69, 9.17) is 14.7 Å². The molecule has 2 unspecified atom stereocenters. The highest BCUT2D eigenvalue weighted by Gasteiger charge is 2.24. The van der Waals surface area contributed by atoms with Crippen LogP contribution >= 0.6 is 0 Å². The van der Waals surface area contributed by atoms with Crippen LogP contribution in [0.25, 0.3) is 0 Å². The van der Waals surface area contributed by atoms with E-state index in [0.717, 1.165) is 22.9 Å². The van der Waals surface area contributed by atoms with Gasteiger partial charge in [-0.25, -0.2) is 0 Å². The van der Waals surface area contributed by atoms with E-state index in [1.54, 1.807) is 24.3 Å². The molecular formula is C25H27NO5S. The van der Waals surface area contributed by atoms with Gasteiger partial charge in [-0.1, -0.05) is 72.8 Å². The van der Waals surface area contributed by atoms with Crippen LogP contribution in [0.3, 0.4) is 0 Å². The summed E-state index contributed by atoms with van der Waals surface area (Å²) in [6.45, 7) is 0.202. The van der Waals surface area contributed by atoms with E-state index >= 15 is 0 Å². The molecule has 7 heteroatoms. The van der Waals surface area contributed by atoms with E-state index in [2.05, 4.69) is 0 Å². The van der Waals surface area contributed by atoms with E-state index in [1.807, 2.05) is 60.7 Å². The Hall–Kier alpha value is -3.16. The number of hydrogen-bond acceptors (Lipinski definition) is 6. The minimum Gasteiger partial charge on any atom is -0.461 e. The third-order valence-corrected chi connectivity index (χ3v) is 5.51. The smallest absolute Gasteiger partial charge is 0.307 e. The molecule has 0 aromatic heterocycles. The van der Waals surface area contributed by atoms with E-state index in [9.17, 15) is 13.2 Å². The summed E-state index contributed by atoms with van der Waals surface area (Å²) in [6, 6.07) is 25.6. The molecule has 0 aliphatic carbocycles. The standard InChI is InChI=1S/C25H27NO5S/c1-32(28,29)31-22-14-12-21(13-15-22)23(16-19-8-4-2-5-9-19)24(26)17-25(27)30-18-20-10-6-3-7-11-20/h2-15,23-24H,16-18,26H2,1H3. The van der Waals surface area contributed by atoms with Gasteiger partial charge in [0.2, 0.25) is 0 Å². The van der Waals surface area contributed by atoms with E-state index in [-0.39, 0.29) is 30.7 Å². The van der Waals surface area contributed by atoms with Crippen LogP contribution in [0, 0.1) is 0 Å². The average Bonchev–Trinajstić information content (AvgIpc) is 2.77. The van der Waals surface area contributed by atoms with E-state index in [0.29, 0.717) is 6.42 Å². The van der Waals surface area contributed by atoms with Gasteiger partial charge in [-0.3, -0.25) is 4.79 Å². The molecule has 0 saturated heterocycles. The van der Waals surface area contributed by atoms with Gasteiger partial charge in [0.1, 0.15) is 12.4 Å². The third kappa shape index (κ3) is 7.51. The monoisotopic (exact) mass is 453 g/mol. The Morgan fingerprint density at radius 1 is 0.875 bits per heavy atom. The van der Waals surface area contributed by atoms with Crippen LogP contribution in [0.5, 0.6) is 5.75 Å². The van der Waals surface area contributed by atoms with Gasteiger partial charge in [-0.05, 0) is 35.2 Å². The number of carbonyl (C=O) groups excluding carboxylic acids is 1. The summed E-state index contributed by atoms with van der Waals surface area (Å²) in [5, 5.41) is 0. The first-order valence-electron chi connectivity index (χ1n) is 10.3. The number of carbonyl (C=O) groups is 1. The Bertz CT molecular complexity index is 1100. The minimum atomic E-state index is -3.61. The predicted molar refractivity (Wildman–Crippen MR) is 124 cm³/mol. The largest absolute Gasteiger partial charge is 0.461 e. The van der Waals surface area contributed by atoms with Crippen molar-refractivity contribution in [2.24, 2.45) is 5.73 Å². The topological polar surface area (TPSA) is 95.7 Å². The molecular weight excluding hydrogens is 426 g/mol. The van der Waals surface area contributed by atoms with Crippen LogP contribution in [-0.2, 0) is 32.7 Å². The lowest BCUT2D eigenvalue weighted by molar-refractivity contribution is -0.145. The van der Waals surface area contributed by atoms with E-state index < -0.39 is 16.2 Å². The van der Waals surface area contributed by atoms with Crippen LogP contribution in [-0.4, -0.2) is 26.7 Å². The van der Waals surface area contributed by atoms with Crippen LogP contribution in [0.1, 0.15) is 29.0 Å². The van der Waals surface area contributed by atoms with Crippen molar-refractivity contribution in [3.8, 4) is 5.75 Å². The molecule has 0 saturated carbocycles. The van der Waals surface area contributed by atoms with Gasteiger partial charge in [0, 0.05) is 12.0 Å². The summed E-state index contributed by atoms with van der Waals surface area (Å²) in [5.74, 6) is -0.309. The molecule has 0 heterocycles. The second kappa shape index (κ2) is 10.9. The number of hydrogen-bond donors (Lipinski definition) is 1. The molecule has 0 aliphatic heterocycles. The number of nitrogens with two attached hydrogens (primary N) is 1. The first-order valence-corrected chi connectivity index (χ1v) is 12.1. The molecule has 3 rings (SSSR count). The van der Waals surface area contributed by atoms with Crippen LogP contribution in [0.2, 0.25) is 0 Å². The van der Waals surface area contributed by atoms with Gasteiger partial charge >= 0.3 is 16.1 Å². The highest BCUT2D eigenvalue weighted by Crippen LogP contribution is 2.27. The quantitative estimate of drug-likeness (QED) is 0.370. The first-order chi connectivity index (χ1) is 15.3. The number of rotatable bonds is 10. The minimum absolute atomic E-state index is 0.0614. The molecule has 0 fully saturated rings. The molecule has 0 amide bonds. The van der Waals surface area contributed by atoms with Gasteiger partial charge in [0.25, 0.3) is 0 Å². The molecule has 32 heavy (non-hydrogen) atoms. The fraction of sp³-hybridized carbons (Fsp3) is 0.240. The van der Waals surface area contributed by atoms with Crippen molar-refractivity contribution in [3.05, 3.63) is 102 Å². The lowest BCUT2D eigenvalue weighted by atomic mass is 9.85. The zero-order valence-electron chi connectivity index (χ0n) is 17.9. The van der Waals surface area contributed by atoms with Crippen LogP contribution < -0.4 is 9.92 Å². The van der Waals surface area contributed by atoms with Crippen molar-refractivity contribution in [3.63, 3.8) is 0 Å². The van der Waals surface area contributed by atoms with E-state index in [1.165, 1.54) is 0 Å². The summed E-state index contributed by atoms with van der Waals surface area (Å²) < 4.78 is 33.0. The summed E-state index contributed by atoms with van der Waals surface area (Å²) >= 11 is 0. The molecule has 2 atom stereocenters. The Balaban J connectivity index is 1.72. The Labute approximate surface area is 189 Å². The van der Waals surface area contributed by atoms with Crippen LogP contribution in [0.15, 0.2) is 84.9 Å². The maximum atomic E-state index is 12.4. The summed E-state index contributed by atoms with van der Waals surface area (Å²) in [7, 11) is -3.61. The Morgan fingerprint density at radius 3 is 2.00 bits per heavy atom. The van der Waals surface area contributed by atoms with Crippen LogP contribution in [0.4, 0.5) is 0 Å². The maximum absolute atomic E-state index is 12.4. The summed E-state index contributed by atoms with van der Waals surface area (Å²) in [5.41, 5.74) is 9.37. The predicted octanol–water partition coefficient (Wildman–Crippen LogP) is 3.81. The first kappa shape index (κ1) is 23.5. The van der Waals surface area contributed by atoms with Crippen molar-refractivity contribution < 1.29 is 22.1 Å². The molecule has 0 aliphatic rings. The number of esters is 1. The van der Waals surface area contributed by atoms with Gasteiger partial charge in [0.05, 0.1) is 12.7 Å². The highest BCUT2D eigenvalue weighted by molar-refractivity contribution is 7.86. The zero-order chi connectivity index (χ0) is 23.0. The number of benzene rings is 3. The Morgan fingerprint density at radius 2 is 1.44 bits per heavy atom. The lowest BCUT2D eigenvalue weighted by Crippen LogP contribution is -2.33. The molecule has 0 bridgehead atoms. The molecule has 3 aromatic carbocycles. The van der Waals surface area contributed by atoms with Crippen molar-refractivity contribution in [1.29, 1.82) is 0 Å². The fourth-order valence-electron chi connectivity index (χ4n) is 3.46. The fourth-order valence-corrected chi connectivity index (χ4v) is 3.92. The summed E-state index contributed by atoms with van der Waals surface area (Å²) in [4.78, 5) is 12.4. The van der Waals surface area contributed by atoms with Gasteiger partial charge in [-0.15, -0.1) is 0 Å². The van der Waals surface area contributed by atoms with Crippen molar-refractivity contribution >= 4 is 16.1 Å². The lowest BCUT2D eigenvalue weighted by Gasteiger charge is -2.24. The van der Waals surface area contributed by atoms with Crippen molar-refractivity contribution in [2.45, 2.75) is 31.4 Å². The Kier molecular flexibility index (Phi) is 8.03. The molecule has 3 aromatic rings. The van der Waals surface area contributed by atoms with Gasteiger partial charge in [0.15, 0.2) is 0 Å². The molecule has 0 radical (unpaired) electrons. The molecule has 0 spiro atoms.